The fourth-order valence-corrected chi connectivity index (χ4v) is 4.83. The van der Waals surface area contributed by atoms with E-state index in [2.05, 4.69) is 68.6 Å². The fourth-order valence-electron chi connectivity index (χ4n) is 2.93. The average Bonchev–Trinajstić information content (AvgIpc) is 3.16. The molecule has 2 aromatic heterocycles. The summed E-state index contributed by atoms with van der Waals surface area (Å²) in [7, 11) is 0. The first-order valence-corrected chi connectivity index (χ1v) is 12.3. The molecule has 0 atom stereocenters. The number of aromatic nitrogens is 3. The van der Waals surface area contributed by atoms with Crippen molar-refractivity contribution in [2.24, 2.45) is 0 Å². The quantitative estimate of drug-likeness (QED) is 0.222. The maximum atomic E-state index is 13.3. The monoisotopic (exact) mass is 676 g/mol. The number of amides is 2. The van der Waals surface area contributed by atoms with Crippen molar-refractivity contribution in [1.82, 2.24) is 25.2 Å². The third-order valence-electron chi connectivity index (χ3n) is 4.42. The van der Waals surface area contributed by atoms with Gasteiger partial charge in [-0.1, -0.05) is 34.5 Å². The number of pyridine rings is 1. The van der Waals surface area contributed by atoms with Crippen LogP contribution < -0.4 is 10.7 Å². The molecule has 3 aromatic rings. The van der Waals surface area contributed by atoms with Crippen LogP contribution in [-0.4, -0.2) is 55.8 Å². The van der Waals surface area contributed by atoms with Crippen molar-refractivity contribution in [1.29, 1.82) is 0 Å². The largest absolute Gasteiger partial charge is 0.464 e. The molecule has 0 spiro atoms. The third kappa shape index (κ3) is 6.21. The molecule has 3 N–H and O–H groups in total. The molecular formula is C20H16Br3ClN6O4. The zero-order chi connectivity index (χ0) is 25.0. The number of halogens is 4. The normalized spacial score (nSPS) is 10.9. The number of hydrogen-bond donors (Lipinski definition) is 3. The highest BCUT2D eigenvalue weighted by molar-refractivity contribution is 9.11. The Hall–Kier alpha value is -2.32. The lowest BCUT2D eigenvalue weighted by atomic mass is 10.1. The van der Waals surface area contributed by atoms with E-state index in [0.29, 0.717) is 18.6 Å². The summed E-state index contributed by atoms with van der Waals surface area (Å²) >= 11 is 16.2. The minimum Gasteiger partial charge on any atom is -0.464 e. The molecular weight excluding hydrogens is 663 g/mol. The number of hydrazine groups is 1. The van der Waals surface area contributed by atoms with Crippen molar-refractivity contribution in [3.8, 4) is 5.82 Å². The summed E-state index contributed by atoms with van der Waals surface area (Å²) in [5.74, 6) is -0.743. The molecule has 2 heterocycles. The van der Waals surface area contributed by atoms with E-state index in [4.69, 9.17) is 16.7 Å². The number of Topliss-reactive ketones (excluding diaryl/α,β-unsaturated/α-hetero) is 1. The number of nitrogens with zero attached hydrogens (tertiary/aromatic N) is 4. The summed E-state index contributed by atoms with van der Waals surface area (Å²) in [6, 6.07) is 7.97. The topological polar surface area (TPSA) is 129 Å². The maximum Gasteiger partial charge on any atom is 0.419 e. The number of anilines is 1. The summed E-state index contributed by atoms with van der Waals surface area (Å²) in [4.78, 5) is 41.5. The average molecular weight is 680 g/mol. The number of hydrogen-bond acceptors (Lipinski definition) is 6. The maximum absolute atomic E-state index is 13.3. The minimum absolute atomic E-state index is 0.114. The van der Waals surface area contributed by atoms with Gasteiger partial charge < -0.3 is 10.4 Å². The van der Waals surface area contributed by atoms with E-state index in [1.807, 2.05) is 0 Å². The predicted octanol–water partition coefficient (Wildman–Crippen LogP) is 5.15. The Labute approximate surface area is 224 Å². The Morgan fingerprint density at radius 3 is 2.59 bits per heavy atom. The number of ketones is 1. The lowest BCUT2D eigenvalue weighted by Crippen LogP contribution is -2.44. The van der Waals surface area contributed by atoms with Crippen LogP contribution in [0.1, 0.15) is 27.8 Å². The molecule has 2 amide bonds. The van der Waals surface area contributed by atoms with Crippen LogP contribution in [-0.2, 0) is 0 Å². The van der Waals surface area contributed by atoms with Crippen LogP contribution in [0.4, 0.5) is 10.5 Å². The number of benzene rings is 1. The van der Waals surface area contributed by atoms with Crippen LogP contribution in [0.3, 0.4) is 0 Å². The summed E-state index contributed by atoms with van der Waals surface area (Å²) < 4.78 is 2.69. The van der Waals surface area contributed by atoms with E-state index in [9.17, 15) is 14.4 Å². The smallest absolute Gasteiger partial charge is 0.419 e. The molecule has 14 heteroatoms. The Morgan fingerprint density at radius 1 is 1.21 bits per heavy atom. The van der Waals surface area contributed by atoms with E-state index in [1.165, 1.54) is 22.0 Å². The first-order valence-electron chi connectivity index (χ1n) is 9.55. The molecule has 1 aromatic carbocycles. The van der Waals surface area contributed by atoms with Gasteiger partial charge in [0.25, 0.3) is 5.91 Å². The Balaban J connectivity index is 1.97. The van der Waals surface area contributed by atoms with Crippen LogP contribution in [0.15, 0.2) is 50.1 Å². The number of nitrogens with one attached hydrogen (secondary N) is 2. The molecule has 0 aliphatic heterocycles. The number of carbonyl (C=O) groups is 3. The van der Waals surface area contributed by atoms with Crippen LogP contribution in [0.25, 0.3) is 5.82 Å². The van der Waals surface area contributed by atoms with Crippen molar-refractivity contribution >= 4 is 82.9 Å². The van der Waals surface area contributed by atoms with Gasteiger partial charge in [0, 0.05) is 33.3 Å². The molecule has 0 unspecified atom stereocenters. The predicted molar refractivity (Wildman–Crippen MR) is 137 cm³/mol. The molecule has 34 heavy (non-hydrogen) atoms. The molecule has 0 aliphatic rings. The molecule has 3 rings (SSSR count). The van der Waals surface area contributed by atoms with Gasteiger partial charge in [0.15, 0.2) is 11.6 Å². The van der Waals surface area contributed by atoms with Gasteiger partial charge in [-0.2, -0.15) is 5.10 Å². The summed E-state index contributed by atoms with van der Waals surface area (Å²) in [5, 5.41) is 17.5. The second-order valence-corrected chi connectivity index (χ2v) is 9.68. The Kier molecular flexibility index (Phi) is 8.82. The first kappa shape index (κ1) is 26.3. The highest BCUT2D eigenvalue weighted by Crippen LogP contribution is 2.32. The molecule has 0 aliphatic carbocycles. The molecule has 0 radical (unpaired) electrons. The van der Waals surface area contributed by atoms with Gasteiger partial charge >= 0.3 is 6.09 Å². The molecule has 0 saturated heterocycles. The summed E-state index contributed by atoms with van der Waals surface area (Å²) in [5.41, 5.74) is 2.65. The Morgan fingerprint density at radius 2 is 1.94 bits per heavy atom. The van der Waals surface area contributed by atoms with Gasteiger partial charge in [0.2, 0.25) is 0 Å². The standard InChI is InChI=1S/C20H16Br3ClN6O4/c1-2-29(28-20(33)34)9-15(31)11-6-10(21)7-12(22)17(11)26-19(32)14-8-16(23)27-30(14)18-13(24)4-3-5-25-18/h3-8,28H,2,9H2,1H3,(H,26,32)(H,33,34). The second kappa shape index (κ2) is 11.4. The van der Waals surface area contributed by atoms with Crippen LogP contribution >= 0.6 is 59.4 Å². The molecule has 0 bridgehead atoms. The minimum atomic E-state index is -1.29. The first-order chi connectivity index (χ1) is 16.1. The molecule has 0 saturated carbocycles. The van der Waals surface area contributed by atoms with Gasteiger partial charge in [-0.3, -0.25) is 15.0 Å². The van der Waals surface area contributed by atoms with E-state index < -0.39 is 17.8 Å². The van der Waals surface area contributed by atoms with Gasteiger partial charge in [-0.25, -0.2) is 19.5 Å². The van der Waals surface area contributed by atoms with Crippen LogP contribution in [0.5, 0.6) is 0 Å². The highest BCUT2D eigenvalue weighted by Gasteiger charge is 2.24. The SMILES string of the molecule is CCN(CC(=O)c1cc(Br)cc(Br)c1NC(=O)c1cc(Br)nn1-c1ncccc1Cl)NC(=O)O. The Bertz CT molecular complexity index is 1270. The van der Waals surface area contributed by atoms with E-state index >= 15 is 0 Å². The number of carbonyl (C=O) groups excluding carboxylic acids is 2. The number of carboxylic acid groups (broad SMARTS) is 1. The summed E-state index contributed by atoms with van der Waals surface area (Å²) in [6.45, 7) is 1.71. The van der Waals surface area contributed by atoms with Crippen LogP contribution in [0.2, 0.25) is 5.02 Å². The van der Waals surface area contributed by atoms with Crippen molar-refractivity contribution < 1.29 is 19.5 Å². The lowest BCUT2D eigenvalue weighted by molar-refractivity contribution is 0.0882. The zero-order valence-corrected chi connectivity index (χ0v) is 22.9. The van der Waals surface area contributed by atoms with Gasteiger partial charge in [-0.15, -0.1) is 0 Å². The van der Waals surface area contributed by atoms with E-state index in [1.54, 1.807) is 31.2 Å². The summed E-state index contributed by atoms with van der Waals surface area (Å²) in [6.07, 6.45) is 0.233. The molecule has 178 valence electrons. The van der Waals surface area contributed by atoms with Gasteiger partial charge in [-0.05, 0) is 56.1 Å². The fraction of sp³-hybridized carbons (Fsp3) is 0.150. The van der Waals surface area contributed by atoms with Gasteiger partial charge in [0.1, 0.15) is 10.3 Å². The lowest BCUT2D eigenvalue weighted by Gasteiger charge is -2.20. The second-order valence-electron chi connectivity index (χ2n) is 6.69. The zero-order valence-electron chi connectivity index (χ0n) is 17.4. The van der Waals surface area contributed by atoms with Crippen molar-refractivity contribution in [3.63, 3.8) is 0 Å². The molecule has 10 nitrogen and oxygen atoms in total. The molecule has 0 fully saturated rings. The number of rotatable bonds is 8. The van der Waals surface area contributed by atoms with E-state index in [-0.39, 0.29) is 35.9 Å². The van der Waals surface area contributed by atoms with E-state index in [0.717, 1.165) is 0 Å². The third-order valence-corrected chi connectivity index (χ3v) is 6.18. The van der Waals surface area contributed by atoms with Gasteiger partial charge in [0.05, 0.1) is 17.3 Å². The van der Waals surface area contributed by atoms with Crippen molar-refractivity contribution in [3.05, 3.63) is 66.4 Å². The van der Waals surface area contributed by atoms with Crippen LogP contribution in [0, 0.1) is 0 Å². The van der Waals surface area contributed by atoms with Crippen molar-refractivity contribution in [2.45, 2.75) is 6.92 Å². The highest BCUT2D eigenvalue weighted by atomic mass is 79.9. The number of likely N-dealkylation sites (N-methyl/N-ethyl adjacent to an activating group) is 1. The van der Waals surface area contributed by atoms with Crippen molar-refractivity contribution in [2.75, 3.05) is 18.4 Å².